The Morgan fingerprint density at radius 2 is 0.714 bits per heavy atom. The Bertz CT molecular complexity index is 3100. The number of rotatable bonds is 6. The van der Waals surface area contributed by atoms with E-state index in [1.165, 1.54) is 11.1 Å². The summed E-state index contributed by atoms with van der Waals surface area (Å²) < 4.78 is 6.78. The molecule has 0 saturated carbocycles. The van der Waals surface area contributed by atoms with Crippen LogP contribution < -0.4 is 9.64 Å². The normalized spacial score (nSPS) is 13.0. The van der Waals surface area contributed by atoms with Gasteiger partial charge in [-0.05, 0) is 100 Å². The molecule has 2 aliphatic heterocycles. The van der Waals surface area contributed by atoms with Gasteiger partial charge in [0.15, 0.2) is 5.82 Å². The molecule has 0 fully saturated rings. The zero-order valence-electron chi connectivity index (χ0n) is 34.3. The van der Waals surface area contributed by atoms with Crippen LogP contribution in [0, 0.1) is 0 Å². The van der Waals surface area contributed by atoms with Gasteiger partial charge in [0.1, 0.15) is 11.5 Å². The molecule has 0 radical (unpaired) electrons. The number of hydrogen-bond donors (Lipinski definition) is 0. The first-order chi connectivity index (χ1) is 31.2. The van der Waals surface area contributed by atoms with E-state index in [2.05, 4.69) is 229 Å². The molecule has 12 rings (SSSR count). The molecule has 10 aromatic rings. The average molecular weight is 806 g/mol. The highest BCUT2D eigenvalue weighted by Crippen LogP contribution is 2.63. The molecule has 63 heavy (non-hydrogen) atoms. The number of ether oxygens (including phenoxy) is 1. The fraction of sp³-hybridized carbons (Fsp3) is 0.0169. The Morgan fingerprint density at radius 1 is 0.317 bits per heavy atom. The molecule has 1 spiro atoms. The lowest BCUT2D eigenvalue weighted by molar-refractivity contribution is 0.434. The number of anilines is 3. The van der Waals surface area contributed by atoms with E-state index < -0.39 is 5.41 Å². The monoisotopic (exact) mass is 805 g/mol. The summed E-state index contributed by atoms with van der Waals surface area (Å²) in [6, 6.07) is 84.0. The van der Waals surface area contributed by atoms with E-state index >= 15 is 0 Å². The molecule has 0 amide bonds. The van der Waals surface area contributed by atoms with Crippen molar-refractivity contribution in [2.24, 2.45) is 0 Å². The number of fused-ring (bicyclic) bond motifs is 8. The van der Waals surface area contributed by atoms with Crippen LogP contribution in [0.15, 0.2) is 237 Å². The van der Waals surface area contributed by atoms with Crippen molar-refractivity contribution >= 4 is 17.1 Å². The molecule has 1 aromatic heterocycles. The third kappa shape index (κ3) is 6.07. The van der Waals surface area contributed by atoms with Gasteiger partial charge in [-0.15, -0.1) is 0 Å². The van der Waals surface area contributed by atoms with Crippen molar-refractivity contribution in [2.75, 3.05) is 4.90 Å². The van der Waals surface area contributed by atoms with Crippen molar-refractivity contribution in [3.8, 4) is 67.7 Å². The van der Waals surface area contributed by atoms with Crippen molar-refractivity contribution in [3.05, 3.63) is 259 Å². The van der Waals surface area contributed by atoms with Crippen LogP contribution in [0.4, 0.5) is 17.1 Å². The van der Waals surface area contributed by atoms with Gasteiger partial charge in [-0.25, -0.2) is 9.97 Å². The Kier molecular flexibility index (Phi) is 8.68. The SMILES string of the molecule is c1ccc(-c2ccc3c(c2)C2(c4ccccc4Oc4ccccc42)c2cc(-c4ccccc4)ccc2N3c2ccc(-c3nc(-c4ccccc4)cc(-c4ccccc4)n3)cc2)cc1. The summed E-state index contributed by atoms with van der Waals surface area (Å²) in [6.45, 7) is 0. The summed E-state index contributed by atoms with van der Waals surface area (Å²) in [5.41, 5.74) is 16.5. The van der Waals surface area contributed by atoms with Gasteiger partial charge in [0.25, 0.3) is 0 Å². The Hall–Kier alpha value is -8.34. The predicted octanol–water partition coefficient (Wildman–Crippen LogP) is 15.1. The van der Waals surface area contributed by atoms with Crippen LogP contribution in [0.3, 0.4) is 0 Å². The highest BCUT2D eigenvalue weighted by Gasteiger charge is 2.51. The number of nitrogens with zero attached hydrogens (tertiary/aromatic N) is 3. The summed E-state index contributed by atoms with van der Waals surface area (Å²) in [5.74, 6) is 2.39. The summed E-state index contributed by atoms with van der Waals surface area (Å²) in [7, 11) is 0. The van der Waals surface area contributed by atoms with Crippen molar-refractivity contribution in [2.45, 2.75) is 5.41 Å². The zero-order chi connectivity index (χ0) is 41.7. The first kappa shape index (κ1) is 36.5. The van der Waals surface area contributed by atoms with Crippen LogP contribution in [0.5, 0.6) is 11.5 Å². The van der Waals surface area contributed by atoms with Crippen LogP contribution in [-0.2, 0) is 5.41 Å². The second-order valence-corrected chi connectivity index (χ2v) is 16.1. The smallest absolute Gasteiger partial charge is 0.160 e. The molecule has 0 bridgehead atoms. The van der Waals surface area contributed by atoms with Crippen LogP contribution in [-0.4, -0.2) is 9.97 Å². The molecule has 0 saturated heterocycles. The van der Waals surface area contributed by atoms with E-state index in [0.29, 0.717) is 5.82 Å². The summed E-state index contributed by atoms with van der Waals surface area (Å²) >= 11 is 0. The number of para-hydroxylation sites is 2. The van der Waals surface area contributed by atoms with Gasteiger partial charge in [0, 0.05) is 33.5 Å². The molecule has 0 unspecified atom stereocenters. The highest BCUT2D eigenvalue weighted by molar-refractivity contribution is 5.94. The lowest BCUT2D eigenvalue weighted by atomic mass is 9.60. The largest absolute Gasteiger partial charge is 0.457 e. The van der Waals surface area contributed by atoms with Crippen molar-refractivity contribution in [3.63, 3.8) is 0 Å². The first-order valence-corrected chi connectivity index (χ1v) is 21.4. The minimum Gasteiger partial charge on any atom is -0.457 e. The fourth-order valence-corrected chi connectivity index (χ4v) is 9.66. The topological polar surface area (TPSA) is 38.2 Å². The number of hydrogen-bond acceptors (Lipinski definition) is 4. The molecule has 3 heterocycles. The maximum Gasteiger partial charge on any atom is 0.160 e. The molecule has 9 aromatic carbocycles. The second kappa shape index (κ2) is 15.0. The van der Waals surface area contributed by atoms with Gasteiger partial charge in [0.2, 0.25) is 0 Å². The lowest BCUT2D eigenvalue weighted by Gasteiger charge is -2.49. The van der Waals surface area contributed by atoms with E-state index in [0.717, 1.165) is 90.0 Å². The third-order valence-corrected chi connectivity index (χ3v) is 12.5. The van der Waals surface area contributed by atoms with Crippen LogP contribution in [0.2, 0.25) is 0 Å². The zero-order valence-corrected chi connectivity index (χ0v) is 34.3. The predicted molar refractivity (Wildman–Crippen MR) is 256 cm³/mol. The average Bonchev–Trinajstić information content (AvgIpc) is 3.37. The third-order valence-electron chi connectivity index (χ3n) is 12.5. The van der Waals surface area contributed by atoms with E-state index in [4.69, 9.17) is 14.7 Å². The molecule has 0 atom stereocenters. The van der Waals surface area contributed by atoms with Gasteiger partial charge in [0.05, 0.1) is 28.2 Å². The minimum atomic E-state index is -0.721. The molecule has 4 heteroatoms. The second-order valence-electron chi connectivity index (χ2n) is 16.1. The van der Waals surface area contributed by atoms with Gasteiger partial charge in [-0.2, -0.15) is 0 Å². The van der Waals surface area contributed by atoms with E-state index in [-0.39, 0.29) is 0 Å². The number of benzene rings is 9. The summed E-state index contributed by atoms with van der Waals surface area (Å²) in [5, 5.41) is 0. The molecular formula is C59H39N3O. The Labute approximate surface area is 367 Å². The molecule has 296 valence electrons. The number of aromatic nitrogens is 2. The maximum atomic E-state index is 6.78. The molecule has 4 nitrogen and oxygen atoms in total. The van der Waals surface area contributed by atoms with E-state index in [9.17, 15) is 0 Å². The Morgan fingerprint density at radius 3 is 1.17 bits per heavy atom. The van der Waals surface area contributed by atoms with Gasteiger partial charge < -0.3 is 9.64 Å². The summed E-state index contributed by atoms with van der Waals surface area (Å²) in [4.78, 5) is 12.7. The molecular weight excluding hydrogens is 767 g/mol. The van der Waals surface area contributed by atoms with Crippen LogP contribution in [0.25, 0.3) is 56.2 Å². The van der Waals surface area contributed by atoms with Crippen LogP contribution in [0.1, 0.15) is 22.3 Å². The molecule has 0 N–H and O–H groups in total. The summed E-state index contributed by atoms with van der Waals surface area (Å²) in [6.07, 6.45) is 0. The highest BCUT2D eigenvalue weighted by atomic mass is 16.5. The maximum absolute atomic E-state index is 6.78. The Balaban J connectivity index is 1.10. The van der Waals surface area contributed by atoms with E-state index in [1.807, 2.05) is 12.1 Å². The van der Waals surface area contributed by atoms with Crippen molar-refractivity contribution in [1.29, 1.82) is 0 Å². The molecule has 2 aliphatic rings. The lowest BCUT2D eigenvalue weighted by Crippen LogP contribution is -2.39. The van der Waals surface area contributed by atoms with Gasteiger partial charge in [-0.3, -0.25) is 0 Å². The quantitative estimate of drug-likeness (QED) is 0.168. The standard InChI is InChI=1S/C59H39N3O/c1-5-17-40(18-6-1)45-31-35-54-50(37-45)59(48-25-13-15-27-56(48)63-57-28-16-14-26-49(57)59)51-38-46(41-19-7-2-8-20-41)32-36-55(51)62(54)47-33-29-44(30-34-47)58-60-52(42-21-9-3-10-22-42)39-53(61-58)43-23-11-4-12-24-43/h1-39H. The van der Waals surface area contributed by atoms with Crippen LogP contribution >= 0.6 is 0 Å². The van der Waals surface area contributed by atoms with Gasteiger partial charge in [-0.1, -0.05) is 170 Å². The fourth-order valence-electron chi connectivity index (χ4n) is 9.66. The first-order valence-electron chi connectivity index (χ1n) is 21.4. The van der Waals surface area contributed by atoms with Gasteiger partial charge >= 0.3 is 0 Å². The van der Waals surface area contributed by atoms with Crippen molar-refractivity contribution in [1.82, 2.24) is 9.97 Å². The van der Waals surface area contributed by atoms with Crippen molar-refractivity contribution < 1.29 is 4.74 Å². The molecule has 0 aliphatic carbocycles. The minimum absolute atomic E-state index is 0.676. The van der Waals surface area contributed by atoms with E-state index in [1.54, 1.807) is 0 Å².